The monoisotopic (exact) mass is 388 g/mol. The molecule has 5 nitrogen and oxygen atoms in total. The summed E-state index contributed by atoms with van der Waals surface area (Å²) in [4.78, 5) is 25.1. The van der Waals surface area contributed by atoms with E-state index in [1.54, 1.807) is 38.1 Å². The fraction of sp³-hybridized carbons (Fsp3) is 0.200. The van der Waals surface area contributed by atoms with Crippen LogP contribution in [0.2, 0.25) is 5.02 Å². The van der Waals surface area contributed by atoms with E-state index in [4.69, 9.17) is 11.6 Å². The van der Waals surface area contributed by atoms with Crippen molar-refractivity contribution in [3.63, 3.8) is 0 Å². The zero-order chi connectivity index (χ0) is 19.7. The van der Waals surface area contributed by atoms with Crippen molar-refractivity contribution in [1.29, 1.82) is 0 Å². The van der Waals surface area contributed by atoms with Crippen LogP contribution in [0, 0.1) is 12.7 Å². The third kappa shape index (κ3) is 3.53. The molecule has 140 valence electrons. The first-order valence-corrected chi connectivity index (χ1v) is 8.80. The molecule has 1 heterocycles. The molecule has 0 aliphatic heterocycles. The molecule has 0 spiro atoms. The third-order valence-corrected chi connectivity index (χ3v) is 4.66. The summed E-state index contributed by atoms with van der Waals surface area (Å²) in [5.41, 5.74) is 1.74. The summed E-state index contributed by atoms with van der Waals surface area (Å²) in [6.45, 7) is 3.97. The number of phenolic OH excluding ortho intramolecular Hbond substituents is 1. The maximum Gasteiger partial charge on any atom is 0.262 e. The van der Waals surface area contributed by atoms with E-state index in [2.05, 4.69) is 5.32 Å². The summed E-state index contributed by atoms with van der Waals surface area (Å²) in [7, 11) is 0. The van der Waals surface area contributed by atoms with E-state index >= 15 is 0 Å². The molecule has 1 amide bonds. The van der Waals surface area contributed by atoms with Crippen LogP contribution in [-0.4, -0.2) is 28.0 Å². The molecule has 27 heavy (non-hydrogen) atoms. The van der Waals surface area contributed by atoms with E-state index < -0.39 is 11.6 Å². The van der Waals surface area contributed by atoms with Gasteiger partial charge < -0.3 is 10.4 Å². The van der Waals surface area contributed by atoms with Crippen LogP contribution in [0.15, 0.2) is 36.4 Å². The number of likely N-dealkylation sites (N-methyl/N-ethyl adjacent to an activating group) is 1. The lowest BCUT2D eigenvalue weighted by molar-refractivity contribution is -0.120. The van der Waals surface area contributed by atoms with Crippen LogP contribution >= 0.6 is 11.6 Å². The Morgan fingerprint density at radius 2 is 1.89 bits per heavy atom. The number of hydrogen-bond donors (Lipinski definition) is 2. The summed E-state index contributed by atoms with van der Waals surface area (Å²) in [5.74, 6) is -1.96. The number of aromatic nitrogens is 1. The molecule has 0 bridgehead atoms. The highest BCUT2D eigenvalue weighted by Gasteiger charge is 2.23. The van der Waals surface area contributed by atoms with Crippen LogP contribution in [-0.2, 0) is 11.2 Å². The molecule has 3 rings (SSSR count). The third-order valence-electron chi connectivity index (χ3n) is 4.41. The number of halogens is 2. The molecule has 2 N–H and O–H groups in total. The Morgan fingerprint density at radius 3 is 2.52 bits per heavy atom. The average molecular weight is 389 g/mol. The summed E-state index contributed by atoms with van der Waals surface area (Å²) in [5, 5.41) is 13.4. The molecule has 0 saturated heterocycles. The number of aromatic hydroxyl groups is 1. The first-order valence-electron chi connectivity index (χ1n) is 8.42. The second-order valence-corrected chi connectivity index (χ2v) is 6.60. The zero-order valence-electron chi connectivity index (χ0n) is 14.8. The minimum absolute atomic E-state index is 0.0160. The van der Waals surface area contributed by atoms with Gasteiger partial charge in [0.1, 0.15) is 0 Å². The quantitative estimate of drug-likeness (QED) is 0.713. The second-order valence-electron chi connectivity index (χ2n) is 6.16. The van der Waals surface area contributed by atoms with Crippen LogP contribution in [0.3, 0.4) is 0 Å². The number of rotatable bonds is 4. The van der Waals surface area contributed by atoms with Gasteiger partial charge in [-0.15, -0.1) is 0 Å². The topological polar surface area (TPSA) is 71.3 Å². The Kier molecular flexibility index (Phi) is 5.19. The van der Waals surface area contributed by atoms with E-state index in [-0.39, 0.29) is 18.2 Å². The number of nitrogens with zero attached hydrogens (tertiary/aromatic N) is 1. The second kappa shape index (κ2) is 7.40. The van der Waals surface area contributed by atoms with Crippen molar-refractivity contribution in [3.8, 4) is 5.75 Å². The molecule has 0 radical (unpaired) electrons. The normalized spacial score (nSPS) is 11.0. The van der Waals surface area contributed by atoms with Crippen molar-refractivity contribution < 1.29 is 19.1 Å². The van der Waals surface area contributed by atoms with Gasteiger partial charge in [0.2, 0.25) is 5.91 Å². The number of carbonyl (C=O) groups is 2. The first-order chi connectivity index (χ1) is 12.8. The Hall–Kier alpha value is -2.86. The fourth-order valence-electron chi connectivity index (χ4n) is 3.12. The predicted molar refractivity (Wildman–Crippen MR) is 102 cm³/mol. The molecule has 3 aromatic rings. The van der Waals surface area contributed by atoms with E-state index in [0.29, 0.717) is 39.3 Å². The summed E-state index contributed by atoms with van der Waals surface area (Å²) in [6.07, 6.45) is 0.0160. The van der Waals surface area contributed by atoms with Gasteiger partial charge in [-0.25, -0.2) is 4.39 Å². The number of phenols is 1. The lowest BCUT2D eigenvalue weighted by atomic mass is 10.1. The van der Waals surface area contributed by atoms with Crippen LogP contribution < -0.4 is 5.32 Å². The molecule has 0 atom stereocenters. The molecule has 0 unspecified atom stereocenters. The van der Waals surface area contributed by atoms with E-state index in [9.17, 15) is 19.1 Å². The number of nitrogens with one attached hydrogen (secondary N) is 1. The first kappa shape index (κ1) is 18.9. The van der Waals surface area contributed by atoms with Crippen molar-refractivity contribution in [3.05, 3.63) is 64.1 Å². The van der Waals surface area contributed by atoms with Gasteiger partial charge in [0.05, 0.1) is 11.9 Å². The van der Waals surface area contributed by atoms with E-state index in [0.717, 1.165) is 6.07 Å². The zero-order valence-corrected chi connectivity index (χ0v) is 15.6. The molecular weight excluding hydrogens is 371 g/mol. The summed E-state index contributed by atoms with van der Waals surface area (Å²) < 4.78 is 15.4. The molecule has 1 aromatic heterocycles. The van der Waals surface area contributed by atoms with E-state index in [1.165, 1.54) is 10.6 Å². The van der Waals surface area contributed by atoms with Gasteiger partial charge in [-0.05, 0) is 49.7 Å². The van der Waals surface area contributed by atoms with Crippen LogP contribution in [0.25, 0.3) is 10.9 Å². The van der Waals surface area contributed by atoms with Crippen molar-refractivity contribution in [2.75, 3.05) is 6.54 Å². The van der Waals surface area contributed by atoms with Crippen molar-refractivity contribution >= 4 is 34.3 Å². The standard InChI is InChI=1S/C20H18ClFN2O3/c1-3-23-19(26)9-14-11(2)24(17-10-16(22)18(25)8-15(14)17)20(27)12-4-6-13(21)7-5-12/h4-8,10,25H,3,9H2,1-2H3,(H,23,26). The Labute approximate surface area is 160 Å². The highest BCUT2D eigenvalue weighted by molar-refractivity contribution is 6.30. The van der Waals surface area contributed by atoms with Crippen molar-refractivity contribution in [2.45, 2.75) is 20.3 Å². The molecule has 0 aliphatic rings. The number of carbonyl (C=O) groups excluding carboxylic acids is 2. The SMILES string of the molecule is CCNC(=O)Cc1c(C)n(C(=O)c2ccc(Cl)cc2)c2cc(F)c(O)cc12. The maximum absolute atomic E-state index is 14.0. The minimum Gasteiger partial charge on any atom is -0.505 e. The minimum atomic E-state index is -0.838. The Morgan fingerprint density at radius 1 is 1.22 bits per heavy atom. The number of benzene rings is 2. The van der Waals surface area contributed by atoms with Gasteiger partial charge in [-0.3, -0.25) is 14.2 Å². The lowest BCUT2D eigenvalue weighted by Gasteiger charge is -2.08. The van der Waals surface area contributed by atoms with Gasteiger partial charge in [-0.2, -0.15) is 0 Å². The Bertz CT molecular complexity index is 1040. The molecule has 7 heteroatoms. The highest BCUT2D eigenvalue weighted by atomic mass is 35.5. The van der Waals surface area contributed by atoms with Gasteiger partial charge in [0.25, 0.3) is 5.91 Å². The van der Waals surface area contributed by atoms with Gasteiger partial charge in [0, 0.05) is 34.3 Å². The number of amides is 1. The lowest BCUT2D eigenvalue weighted by Crippen LogP contribution is -2.24. The summed E-state index contributed by atoms with van der Waals surface area (Å²) >= 11 is 5.88. The van der Waals surface area contributed by atoms with Crippen LogP contribution in [0.1, 0.15) is 28.5 Å². The fourth-order valence-corrected chi connectivity index (χ4v) is 3.24. The summed E-state index contributed by atoms with van der Waals surface area (Å²) in [6, 6.07) is 8.70. The van der Waals surface area contributed by atoms with E-state index in [1.807, 2.05) is 0 Å². The Balaban J connectivity index is 2.21. The van der Waals surface area contributed by atoms with Gasteiger partial charge in [0.15, 0.2) is 11.6 Å². The molecular formula is C20H18ClFN2O3. The molecule has 0 saturated carbocycles. The molecule has 0 fully saturated rings. The predicted octanol–water partition coefficient (Wildman–Crippen LogP) is 3.81. The average Bonchev–Trinajstić information content (AvgIpc) is 2.87. The van der Waals surface area contributed by atoms with Crippen molar-refractivity contribution in [2.24, 2.45) is 0 Å². The number of fused-ring (bicyclic) bond motifs is 1. The van der Waals surface area contributed by atoms with Gasteiger partial charge in [-0.1, -0.05) is 11.6 Å². The molecule has 2 aromatic carbocycles. The molecule has 0 aliphatic carbocycles. The highest BCUT2D eigenvalue weighted by Crippen LogP contribution is 2.32. The van der Waals surface area contributed by atoms with Crippen LogP contribution in [0.5, 0.6) is 5.75 Å². The van der Waals surface area contributed by atoms with Crippen LogP contribution in [0.4, 0.5) is 4.39 Å². The smallest absolute Gasteiger partial charge is 0.262 e. The van der Waals surface area contributed by atoms with Crippen molar-refractivity contribution in [1.82, 2.24) is 9.88 Å². The number of hydrogen-bond acceptors (Lipinski definition) is 3. The van der Waals surface area contributed by atoms with Gasteiger partial charge >= 0.3 is 0 Å². The maximum atomic E-state index is 14.0. The largest absolute Gasteiger partial charge is 0.505 e.